The summed E-state index contributed by atoms with van der Waals surface area (Å²) in [5.74, 6) is -0.195. The van der Waals surface area contributed by atoms with Gasteiger partial charge in [0, 0.05) is 24.7 Å². The van der Waals surface area contributed by atoms with E-state index in [1.165, 1.54) is 0 Å². The third kappa shape index (κ3) is 4.14. The number of primary amides is 1. The van der Waals surface area contributed by atoms with E-state index in [-0.39, 0.29) is 11.7 Å². The van der Waals surface area contributed by atoms with Gasteiger partial charge in [-0.25, -0.2) is 12.7 Å². The molecule has 2 heterocycles. The fraction of sp³-hybridized carbons (Fsp3) is 0.333. The first-order valence-electron chi connectivity index (χ1n) is 10.7. The molecule has 0 unspecified atom stereocenters. The number of aromatic amines is 1. The second-order valence-electron chi connectivity index (χ2n) is 8.16. The highest BCUT2D eigenvalue weighted by Crippen LogP contribution is 2.37. The number of nitrogens with two attached hydrogens (primary N) is 1. The number of carbonyl (C=O) groups excluding carboxylic acids is 1. The van der Waals surface area contributed by atoms with Gasteiger partial charge in [-0.2, -0.15) is 5.26 Å². The van der Waals surface area contributed by atoms with Crippen LogP contribution in [0, 0.1) is 11.3 Å². The number of piperidine rings is 1. The molecule has 166 valence electrons. The summed E-state index contributed by atoms with van der Waals surface area (Å²) in [5.41, 5.74) is 10.7. The van der Waals surface area contributed by atoms with Crippen LogP contribution in [0.5, 0.6) is 0 Å². The van der Waals surface area contributed by atoms with Gasteiger partial charge in [-0.05, 0) is 60.1 Å². The fourth-order valence-electron chi connectivity index (χ4n) is 4.49. The average Bonchev–Trinajstić information content (AvgIpc) is 3.23. The Morgan fingerprint density at radius 2 is 1.88 bits per heavy atom. The molecular weight excluding hydrogens is 424 g/mol. The lowest BCUT2D eigenvalue weighted by Crippen LogP contribution is -2.38. The monoisotopic (exact) mass is 450 g/mol. The molecule has 2 aromatic carbocycles. The highest BCUT2D eigenvalue weighted by molar-refractivity contribution is 7.89. The molecule has 8 heteroatoms. The van der Waals surface area contributed by atoms with Crippen LogP contribution in [0.2, 0.25) is 0 Å². The van der Waals surface area contributed by atoms with Crippen LogP contribution in [-0.4, -0.2) is 42.5 Å². The normalized spacial score (nSPS) is 15.6. The van der Waals surface area contributed by atoms with Crippen LogP contribution in [-0.2, 0) is 16.4 Å². The number of benzene rings is 2. The number of nitriles is 1. The highest BCUT2D eigenvalue weighted by Gasteiger charge is 2.29. The van der Waals surface area contributed by atoms with Crippen LogP contribution in [0.4, 0.5) is 0 Å². The van der Waals surface area contributed by atoms with Crippen molar-refractivity contribution >= 4 is 26.8 Å². The van der Waals surface area contributed by atoms with Gasteiger partial charge < -0.3 is 10.7 Å². The lowest BCUT2D eigenvalue weighted by atomic mass is 9.88. The minimum Gasteiger partial charge on any atom is -0.366 e. The molecule has 1 amide bonds. The Bertz CT molecular complexity index is 1300. The van der Waals surface area contributed by atoms with E-state index >= 15 is 0 Å². The number of nitrogens with zero attached hydrogens (tertiary/aromatic N) is 2. The Hall–Kier alpha value is -3.15. The van der Waals surface area contributed by atoms with Gasteiger partial charge in [0.1, 0.15) is 0 Å². The number of aromatic nitrogens is 1. The Morgan fingerprint density at radius 3 is 2.47 bits per heavy atom. The number of fused-ring (bicyclic) bond motifs is 1. The maximum absolute atomic E-state index is 12.2. The number of H-pyrrole nitrogens is 1. The van der Waals surface area contributed by atoms with E-state index in [4.69, 9.17) is 11.0 Å². The third-order valence-corrected chi connectivity index (χ3v) is 8.19. The Morgan fingerprint density at radius 1 is 1.19 bits per heavy atom. The molecule has 3 aromatic rings. The maximum Gasteiger partial charge on any atom is 0.250 e. The van der Waals surface area contributed by atoms with Crippen molar-refractivity contribution in [2.24, 2.45) is 5.73 Å². The highest BCUT2D eigenvalue weighted by atomic mass is 32.2. The smallest absolute Gasteiger partial charge is 0.250 e. The van der Waals surface area contributed by atoms with E-state index in [0.29, 0.717) is 30.6 Å². The van der Waals surface area contributed by atoms with Crippen LogP contribution < -0.4 is 5.73 Å². The van der Waals surface area contributed by atoms with Gasteiger partial charge in [0.05, 0.1) is 29.3 Å². The summed E-state index contributed by atoms with van der Waals surface area (Å²) in [6.07, 6.45) is 3.72. The van der Waals surface area contributed by atoms with Crippen molar-refractivity contribution in [3.05, 3.63) is 59.3 Å². The number of hydrogen-bond acceptors (Lipinski definition) is 4. The van der Waals surface area contributed by atoms with Crippen molar-refractivity contribution in [1.29, 1.82) is 5.26 Å². The zero-order chi connectivity index (χ0) is 22.9. The quantitative estimate of drug-likeness (QED) is 0.597. The number of carbonyl (C=O) groups is 1. The van der Waals surface area contributed by atoms with Crippen molar-refractivity contribution in [3.8, 4) is 17.2 Å². The van der Waals surface area contributed by atoms with Crippen LogP contribution in [0.3, 0.4) is 0 Å². The number of sulfonamides is 1. The molecule has 0 spiro atoms. The van der Waals surface area contributed by atoms with Crippen molar-refractivity contribution in [2.75, 3.05) is 18.8 Å². The molecule has 1 aliphatic heterocycles. The molecule has 0 radical (unpaired) electrons. The molecule has 1 saturated heterocycles. The average molecular weight is 451 g/mol. The second-order valence-corrected chi connectivity index (χ2v) is 10.4. The Kier molecular flexibility index (Phi) is 6.04. The zero-order valence-corrected chi connectivity index (χ0v) is 18.8. The first-order chi connectivity index (χ1) is 15.3. The summed E-state index contributed by atoms with van der Waals surface area (Å²) in [5, 5.41) is 9.83. The van der Waals surface area contributed by atoms with Crippen LogP contribution in [0.1, 0.15) is 47.2 Å². The minimum absolute atomic E-state index is 0.114. The first-order valence-corrected chi connectivity index (χ1v) is 12.3. The fourth-order valence-corrected chi connectivity index (χ4v) is 5.62. The predicted octanol–water partition coefficient (Wildman–Crippen LogP) is 3.53. The molecule has 32 heavy (non-hydrogen) atoms. The van der Waals surface area contributed by atoms with E-state index in [0.717, 1.165) is 40.5 Å². The van der Waals surface area contributed by atoms with Crippen molar-refractivity contribution in [2.45, 2.75) is 32.1 Å². The molecule has 3 N–H and O–H groups in total. The molecule has 0 saturated carbocycles. The van der Waals surface area contributed by atoms with Gasteiger partial charge in [-0.15, -0.1) is 0 Å². The number of amides is 1. The van der Waals surface area contributed by atoms with E-state index in [2.05, 4.69) is 17.1 Å². The van der Waals surface area contributed by atoms with Crippen molar-refractivity contribution in [3.63, 3.8) is 0 Å². The topological polar surface area (TPSA) is 120 Å². The molecule has 1 aromatic heterocycles. The zero-order valence-electron chi connectivity index (χ0n) is 18.0. The van der Waals surface area contributed by atoms with Gasteiger partial charge in [-0.1, -0.05) is 24.3 Å². The third-order valence-electron chi connectivity index (χ3n) is 6.31. The molecule has 4 rings (SSSR count). The molecular formula is C24H26N4O3S. The standard InChI is InChI=1S/C24H26N4O3S/c1-2-32(30,31)28-11-8-18(9-12-28)22-15-27-23-20(22)13-19(14-21(23)24(26)29)17-5-3-16(4-6-17)7-10-25/h3-6,13-15,18,27H,2,7-9,11-12H2,1H3,(H2,26,29). The van der Waals surface area contributed by atoms with E-state index < -0.39 is 15.9 Å². The SMILES string of the molecule is CCS(=O)(=O)N1CCC(c2c[nH]c3c(C(N)=O)cc(-c4ccc(CC#N)cc4)cc23)CC1. The molecule has 7 nitrogen and oxygen atoms in total. The molecule has 0 atom stereocenters. The second kappa shape index (κ2) is 8.77. The predicted molar refractivity (Wildman–Crippen MR) is 125 cm³/mol. The Labute approximate surface area is 187 Å². The maximum atomic E-state index is 12.2. The molecule has 0 bridgehead atoms. The van der Waals surface area contributed by atoms with Crippen LogP contribution in [0.15, 0.2) is 42.6 Å². The summed E-state index contributed by atoms with van der Waals surface area (Å²) in [6.45, 7) is 2.66. The first kappa shape index (κ1) is 22.1. The van der Waals surface area contributed by atoms with Gasteiger partial charge >= 0.3 is 0 Å². The van der Waals surface area contributed by atoms with Gasteiger partial charge in [0.25, 0.3) is 5.91 Å². The largest absolute Gasteiger partial charge is 0.366 e. The lowest BCUT2D eigenvalue weighted by molar-refractivity contribution is 0.100. The molecule has 0 aliphatic carbocycles. The number of rotatable bonds is 6. The number of hydrogen-bond donors (Lipinski definition) is 2. The summed E-state index contributed by atoms with van der Waals surface area (Å²) < 4.78 is 26.0. The van der Waals surface area contributed by atoms with Gasteiger partial charge in [0.15, 0.2) is 0 Å². The lowest BCUT2D eigenvalue weighted by Gasteiger charge is -2.31. The summed E-state index contributed by atoms with van der Waals surface area (Å²) in [4.78, 5) is 15.4. The van der Waals surface area contributed by atoms with Gasteiger partial charge in [-0.3, -0.25) is 4.79 Å². The summed E-state index contributed by atoms with van der Waals surface area (Å²) >= 11 is 0. The number of nitrogens with one attached hydrogen (secondary N) is 1. The van der Waals surface area contributed by atoms with Crippen molar-refractivity contribution in [1.82, 2.24) is 9.29 Å². The minimum atomic E-state index is -3.18. The van der Waals surface area contributed by atoms with Crippen molar-refractivity contribution < 1.29 is 13.2 Å². The van der Waals surface area contributed by atoms with Crippen LogP contribution >= 0.6 is 0 Å². The van der Waals surface area contributed by atoms with Gasteiger partial charge in [0.2, 0.25) is 10.0 Å². The van der Waals surface area contributed by atoms with E-state index in [1.54, 1.807) is 17.3 Å². The summed E-state index contributed by atoms with van der Waals surface area (Å²) in [7, 11) is -3.18. The Balaban J connectivity index is 1.71. The molecule has 1 aliphatic rings. The van der Waals surface area contributed by atoms with Crippen LogP contribution in [0.25, 0.3) is 22.0 Å². The summed E-state index contributed by atoms with van der Waals surface area (Å²) in [6, 6.07) is 13.7. The van der Waals surface area contributed by atoms with E-state index in [9.17, 15) is 13.2 Å². The molecule has 1 fully saturated rings. The van der Waals surface area contributed by atoms with E-state index in [1.807, 2.05) is 30.5 Å².